The van der Waals surface area contributed by atoms with E-state index in [1.165, 1.54) is 18.3 Å². The van der Waals surface area contributed by atoms with Crippen molar-refractivity contribution in [1.29, 1.82) is 5.26 Å². The molecule has 2 amide bonds. The molecule has 4 aromatic rings. The van der Waals surface area contributed by atoms with Crippen molar-refractivity contribution >= 4 is 68.9 Å². The number of H-pyrrole nitrogens is 1. The summed E-state index contributed by atoms with van der Waals surface area (Å²) in [5.41, 5.74) is 1.44. The van der Waals surface area contributed by atoms with Crippen LogP contribution >= 0.6 is 46.3 Å². The highest BCUT2D eigenvalue weighted by atomic mass is 35.5. The normalized spacial score (nSPS) is 10.6. The lowest BCUT2D eigenvalue weighted by atomic mass is 10.1. The Balaban J connectivity index is 1.46. The Morgan fingerprint density at radius 2 is 1.90 bits per heavy atom. The Bertz CT molecular complexity index is 1680. The number of nitrogens with one attached hydrogen (secondary N) is 3. The Hall–Kier alpha value is -3.89. The molecule has 14 heteroatoms. The van der Waals surface area contributed by atoms with Crippen molar-refractivity contribution in [2.75, 3.05) is 23.0 Å². The summed E-state index contributed by atoms with van der Waals surface area (Å²) in [5, 5.41) is 17.6. The zero-order valence-electron chi connectivity index (χ0n) is 21.0. The van der Waals surface area contributed by atoms with Crippen LogP contribution in [0.2, 0.25) is 10.0 Å². The molecule has 0 saturated heterocycles. The predicted octanol–water partition coefficient (Wildman–Crippen LogP) is 5.83. The van der Waals surface area contributed by atoms with Gasteiger partial charge in [-0.1, -0.05) is 47.1 Å². The van der Waals surface area contributed by atoms with Gasteiger partial charge in [0.25, 0.3) is 5.56 Å². The maximum absolute atomic E-state index is 12.6. The number of hydrogen-bond acceptors (Lipinski definition) is 9. The first kappa shape index (κ1) is 29.1. The minimum absolute atomic E-state index is 0.0781. The molecule has 0 aliphatic carbocycles. The third-order valence-corrected chi connectivity index (χ3v) is 7.38. The molecule has 2 aromatic heterocycles. The average Bonchev–Trinajstić information content (AvgIpc) is 3.38. The number of thioether (sulfide) groups is 1. The molecule has 2 aromatic carbocycles. The Kier molecular flexibility index (Phi) is 9.44. The van der Waals surface area contributed by atoms with Gasteiger partial charge < -0.3 is 20.4 Å². The number of aromatic amines is 1. The Morgan fingerprint density at radius 3 is 2.58 bits per heavy atom. The molecule has 10 nitrogen and oxygen atoms in total. The highest BCUT2D eigenvalue weighted by Crippen LogP contribution is 2.36. The molecule has 0 aliphatic heterocycles. The second-order valence-corrected chi connectivity index (χ2v) is 10.7. The average molecular weight is 616 g/mol. The molecule has 0 atom stereocenters. The van der Waals surface area contributed by atoms with Crippen molar-refractivity contribution in [3.05, 3.63) is 67.7 Å². The van der Waals surface area contributed by atoms with Crippen LogP contribution in [-0.4, -0.2) is 39.1 Å². The van der Waals surface area contributed by atoms with Crippen molar-refractivity contribution in [3.63, 3.8) is 0 Å². The van der Waals surface area contributed by atoms with E-state index in [-0.39, 0.29) is 44.0 Å². The molecule has 4 rings (SSSR count). The van der Waals surface area contributed by atoms with Crippen LogP contribution in [-0.2, 0) is 9.59 Å². The lowest BCUT2D eigenvalue weighted by Gasteiger charge is -2.09. The lowest BCUT2D eigenvalue weighted by molar-refractivity contribution is -0.114. The molecule has 3 N–H and O–H groups in total. The molecule has 40 heavy (non-hydrogen) atoms. The SMILES string of the molecule is CCOc1cccc(-c2nc(SCC(=O)Nc3nc(-c4cc(Cl)c(NC(C)=O)c(Cl)c4)cs3)[nH]c(=O)c2C#N)c1. The topological polar surface area (TPSA) is 150 Å². The van der Waals surface area contributed by atoms with Crippen molar-refractivity contribution in [1.82, 2.24) is 15.0 Å². The van der Waals surface area contributed by atoms with Gasteiger partial charge in [-0.25, -0.2) is 9.97 Å². The number of thiazole rings is 1. The molecular formula is C26H20Cl2N6O4S2. The number of anilines is 2. The third kappa shape index (κ3) is 7.00. The molecule has 0 radical (unpaired) electrons. The van der Waals surface area contributed by atoms with Gasteiger partial charge in [0.05, 0.1) is 39.5 Å². The molecule has 0 unspecified atom stereocenters. The number of nitriles is 1. The highest BCUT2D eigenvalue weighted by molar-refractivity contribution is 7.99. The maximum Gasteiger partial charge on any atom is 0.270 e. The van der Waals surface area contributed by atoms with E-state index >= 15 is 0 Å². The summed E-state index contributed by atoms with van der Waals surface area (Å²) in [4.78, 5) is 47.9. The van der Waals surface area contributed by atoms with E-state index in [1.807, 2.05) is 13.0 Å². The summed E-state index contributed by atoms with van der Waals surface area (Å²) in [7, 11) is 0. The van der Waals surface area contributed by atoms with Crippen molar-refractivity contribution in [2.24, 2.45) is 0 Å². The fourth-order valence-electron chi connectivity index (χ4n) is 3.50. The van der Waals surface area contributed by atoms with Gasteiger partial charge in [-0.2, -0.15) is 5.26 Å². The van der Waals surface area contributed by atoms with Gasteiger partial charge in [0.2, 0.25) is 11.8 Å². The second-order valence-electron chi connectivity index (χ2n) is 8.04. The van der Waals surface area contributed by atoms with Crippen LogP contribution in [0.5, 0.6) is 5.75 Å². The Morgan fingerprint density at radius 1 is 1.15 bits per heavy atom. The van der Waals surface area contributed by atoms with E-state index in [1.54, 1.807) is 41.8 Å². The van der Waals surface area contributed by atoms with E-state index in [9.17, 15) is 19.6 Å². The third-order valence-electron chi connectivity index (χ3n) is 5.16. The first-order valence-corrected chi connectivity index (χ1v) is 14.2. The highest BCUT2D eigenvalue weighted by Gasteiger charge is 2.17. The zero-order chi connectivity index (χ0) is 28.8. The summed E-state index contributed by atoms with van der Waals surface area (Å²) in [6.07, 6.45) is 0. The van der Waals surface area contributed by atoms with Gasteiger partial charge in [0, 0.05) is 23.4 Å². The molecule has 0 aliphatic rings. The number of ether oxygens (including phenoxy) is 1. The van der Waals surface area contributed by atoms with E-state index in [0.29, 0.717) is 40.0 Å². The molecule has 0 fully saturated rings. The number of hydrogen-bond donors (Lipinski definition) is 3. The van der Waals surface area contributed by atoms with Crippen LogP contribution in [0, 0.1) is 11.3 Å². The van der Waals surface area contributed by atoms with Crippen LogP contribution in [0.3, 0.4) is 0 Å². The summed E-state index contributed by atoms with van der Waals surface area (Å²) in [5.74, 6) is -0.184. The van der Waals surface area contributed by atoms with E-state index < -0.39 is 5.56 Å². The number of carbonyl (C=O) groups is 2. The minimum Gasteiger partial charge on any atom is -0.494 e. The monoisotopic (exact) mass is 614 g/mol. The van der Waals surface area contributed by atoms with Crippen LogP contribution < -0.4 is 20.9 Å². The van der Waals surface area contributed by atoms with E-state index in [2.05, 4.69) is 25.6 Å². The van der Waals surface area contributed by atoms with Crippen LogP contribution in [0.1, 0.15) is 19.4 Å². The Labute approximate surface area is 246 Å². The van der Waals surface area contributed by atoms with Crippen LogP contribution in [0.4, 0.5) is 10.8 Å². The number of halogens is 2. The van der Waals surface area contributed by atoms with Gasteiger partial charge >= 0.3 is 0 Å². The number of rotatable bonds is 9. The summed E-state index contributed by atoms with van der Waals surface area (Å²) >= 11 is 14.8. The molecule has 204 valence electrons. The molecule has 0 spiro atoms. The number of aromatic nitrogens is 3. The summed E-state index contributed by atoms with van der Waals surface area (Å²) < 4.78 is 5.51. The number of amides is 2. The quantitative estimate of drug-likeness (QED) is 0.157. The van der Waals surface area contributed by atoms with Gasteiger partial charge in [-0.3, -0.25) is 14.4 Å². The molecule has 0 bridgehead atoms. The standard InChI is InChI=1S/C26H20Cl2N6O4S2/c1-3-38-16-6-4-5-14(7-16)22-17(10-29)24(37)34-26(33-22)40-12-21(36)32-25-31-20(11-39-25)15-8-18(27)23(19(28)9-15)30-13(2)35/h4-9,11H,3,12H2,1-2H3,(H,30,35)(H,31,32,36)(H,33,34,37). The van der Waals surface area contributed by atoms with Crippen LogP contribution in [0.15, 0.2) is 51.7 Å². The first-order valence-electron chi connectivity index (χ1n) is 11.6. The smallest absolute Gasteiger partial charge is 0.270 e. The van der Waals surface area contributed by atoms with Gasteiger partial charge in [-0.05, 0) is 31.2 Å². The number of nitrogens with zero attached hydrogens (tertiary/aromatic N) is 3. The predicted molar refractivity (Wildman–Crippen MR) is 157 cm³/mol. The second kappa shape index (κ2) is 13.0. The largest absolute Gasteiger partial charge is 0.494 e. The van der Waals surface area contributed by atoms with Crippen molar-refractivity contribution in [2.45, 2.75) is 19.0 Å². The van der Waals surface area contributed by atoms with Crippen molar-refractivity contribution < 1.29 is 14.3 Å². The summed E-state index contributed by atoms with van der Waals surface area (Å²) in [6.45, 7) is 3.66. The van der Waals surface area contributed by atoms with Crippen LogP contribution in [0.25, 0.3) is 22.5 Å². The van der Waals surface area contributed by atoms with E-state index in [0.717, 1.165) is 11.8 Å². The maximum atomic E-state index is 12.6. The molecule has 2 heterocycles. The van der Waals surface area contributed by atoms with E-state index in [4.69, 9.17) is 27.9 Å². The lowest BCUT2D eigenvalue weighted by Crippen LogP contribution is -2.17. The zero-order valence-corrected chi connectivity index (χ0v) is 24.1. The summed E-state index contributed by atoms with van der Waals surface area (Å²) in [6, 6.07) is 12.0. The van der Waals surface area contributed by atoms with Gasteiger partial charge in [0.1, 0.15) is 17.4 Å². The first-order chi connectivity index (χ1) is 19.2. The fraction of sp³-hybridized carbons (Fsp3) is 0.154. The number of benzene rings is 2. The minimum atomic E-state index is -0.608. The van der Waals surface area contributed by atoms with Gasteiger partial charge in [0.15, 0.2) is 10.3 Å². The van der Waals surface area contributed by atoms with Crippen molar-refractivity contribution in [3.8, 4) is 34.3 Å². The number of carbonyl (C=O) groups excluding carboxylic acids is 2. The fourth-order valence-corrected chi connectivity index (χ4v) is 5.48. The van der Waals surface area contributed by atoms with Gasteiger partial charge in [-0.15, -0.1) is 11.3 Å². The molecule has 0 saturated carbocycles. The molecular weight excluding hydrogens is 595 g/mol.